The lowest BCUT2D eigenvalue weighted by Crippen LogP contribution is -2.38. The second-order valence-corrected chi connectivity index (χ2v) is 6.41. The van der Waals surface area contributed by atoms with E-state index >= 15 is 0 Å². The summed E-state index contributed by atoms with van der Waals surface area (Å²) in [6.07, 6.45) is 3.33. The van der Waals surface area contributed by atoms with Gasteiger partial charge in [0.05, 0.1) is 24.7 Å². The Morgan fingerprint density at radius 3 is 2.48 bits per heavy atom. The molecule has 3 atom stereocenters. The zero-order chi connectivity index (χ0) is 20.3. The third-order valence-electron chi connectivity index (χ3n) is 4.72. The fourth-order valence-electron chi connectivity index (χ4n) is 3.42. The van der Waals surface area contributed by atoms with E-state index in [1.54, 1.807) is 13.0 Å². The maximum absolute atomic E-state index is 12.1. The van der Waals surface area contributed by atoms with E-state index < -0.39 is 11.4 Å². The van der Waals surface area contributed by atoms with Crippen molar-refractivity contribution in [2.24, 2.45) is 23.2 Å². The van der Waals surface area contributed by atoms with Crippen LogP contribution in [-0.4, -0.2) is 25.2 Å². The molecule has 1 aliphatic rings. The van der Waals surface area contributed by atoms with E-state index in [2.05, 4.69) is 36.3 Å². The van der Waals surface area contributed by atoms with Crippen molar-refractivity contribution in [3.63, 3.8) is 0 Å². The molecule has 0 bridgehead atoms. The molecule has 1 rings (SSSR count). The van der Waals surface area contributed by atoms with Gasteiger partial charge >= 0.3 is 11.9 Å². The number of nitrogens with zero attached hydrogens (tertiary/aromatic N) is 2. The number of nitriles is 2. The van der Waals surface area contributed by atoms with Gasteiger partial charge in [-0.2, -0.15) is 10.5 Å². The van der Waals surface area contributed by atoms with E-state index in [9.17, 15) is 20.1 Å². The number of carbonyl (C=O) groups excluding carboxylic acids is 2. The average molecular weight is 368 g/mol. The Morgan fingerprint density at radius 1 is 1.22 bits per heavy atom. The van der Waals surface area contributed by atoms with Gasteiger partial charge in [0, 0.05) is 13.3 Å². The molecule has 1 saturated carbocycles. The van der Waals surface area contributed by atoms with Crippen LogP contribution in [0.1, 0.15) is 39.5 Å². The molecule has 6 heteroatoms. The van der Waals surface area contributed by atoms with Crippen molar-refractivity contribution >= 4 is 11.9 Å². The lowest BCUT2D eigenvalue weighted by atomic mass is 9.61. The first kappa shape index (κ1) is 22.0. The standard InChI is InChI=1S/C21H24N2O4/c1-4-8-17-13-18(20(25)26-5-2)9-10-19(17)21(14-22,15-23)11-6-7-12-27-16(3)24/h8,17-19H,1,5,9-13H2,2-3H3. The van der Waals surface area contributed by atoms with Crippen LogP contribution < -0.4 is 0 Å². The minimum Gasteiger partial charge on any atom is -0.466 e. The van der Waals surface area contributed by atoms with Crippen LogP contribution in [0.15, 0.2) is 18.4 Å². The molecule has 0 spiro atoms. The summed E-state index contributed by atoms with van der Waals surface area (Å²) in [7, 11) is 0. The molecule has 1 aliphatic carbocycles. The van der Waals surface area contributed by atoms with Crippen molar-refractivity contribution in [1.82, 2.24) is 0 Å². The normalized spacial score (nSPS) is 21.3. The maximum atomic E-state index is 12.1. The molecule has 3 unspecified atom stereocenters. The van der Waals surface area contributed by atoms with Crippen LogP contribution in [0.2, 0.25) is 0 Å². The number of carbonyl (C=O) groups is 2. The number of esters is 2. The largest absolute Gasteiger partial charge is 0.466 e. The van der Waals surface area contributed by atoms with Gasteiger partial charge in [-0.1, -0.05) is 18.4 Å². The predicted octanol–water partition coefficient (Wildman–Crippen LogP) is 2.91. The number of ether oxygens (including phenoxy) is 2. The monoisotopic (exact) mass is 368 g/mol. The Morgan fingerprint density at radius 2 is 1.93 bits per heavy atom. The highest BCUT2D eigenvalue weighted by Crippen LogP contribution is 2.46. The van der Waals surface area contributed by atoms with Gasteiger partial charge in [-0.3, -0.25) is 9.59 Å². The van der Waals surface area contributed by atoms with Crippen molar-refractivity contribution in [3.05, 3.63) is 18.4 Å². The Balaban J connectivity index is 3.00. The summed E-state index contributed by atoms with van der Waals surface area (Å²) in [6.45, 7) is 6.88. The van der Waals surface area contributed by atoms with E-state index in [1.165, 1.54) is 6.92 Å². The average Bonchev–Trinajstić information content (AvgIpc) is 2.65. The molecule has 27 heavy (non-hydrogen) atoms. The van der Waals surface area contributed by atoms with Crippen LogP contribution in [0, 0.1) is 57.7 Å². The molecule has 6 nitrogen and oxygen atoms in total. The molecular formula is C21H24N2O4. The summed E-state index contributed by atoms with van der Waals surface area (Å²) in [4.78, 5) is 22.8. The highest BCUT2D eigenvalue weighted by Gasteiger charge is 2.46. The zero-order valence-electron chi connectivity index (χ0n) is 15.8. The SMILES string of the molecule is C=C=CC1CC(C(=O)OCC)CCC1C(C#N)(C#N)CC#CCOC(C)=O. The number of hydrogen-bond acceptors (Lipinski definition) is 6. The highest BCUT2D eigenvalue weighted by molar-refractivity contribution is 5.72. The van der Waals surface area contributed by atoms with Gasteiger partial charge in [-0.15, -0.1) is 5.73 Å². The molecule has 0 heterocycles. The Kier molecular flexibility index (Phi) is 8.87. The summed E-state index contributed by atoms with van der Waals surface area (Å²) in [6, 6.07) is 4.27. The van der Waals surface area contributed by atoms with Crippen molar-refractivity contribution < 1.29 is 19.1 Å². The van der Waals surface area contributed by atoms with Crippen molar-refractivity contribution in [1.29, 1.82) is 10.5 Å². The summed E-state index contributed by atoms with van der Waals surface area (Å²) in [5.74, 6) is 4.00. The third kappa shape index (κ3) is 6.03. The number of allylic oxidation sites excluding steroid dienone is 1. The molecule has 0 aromatic carbocycles. The van der Waals surface area contributed by atoms with Crippen molar-refractivity contribution in [2.45, 2.75) is 39.5 Å². The smallest absolute Gasteiger partial charge is 0.308 e. The first-order valence-electron chi connectivity index (χ1n) is 8.88. The highest BCUT2D eigenvalue weighted by atomic mass is 16.5. The van der Waals surface area contributed by atoms with Crippen LogP contribution >= 0.6 is 0 Å². The molecule has 1 fully saturated rings. The lowest BCUT2D eigenvalue weighted by molar-refractivity contribution is -0.150. The predicted molar refractivity (Wildman–Crippen MR) is 97.3 cm³/mol. The number of rotatable bonds is 6. The molecule has 0 amide bonds. The Bertz CT molecular complexity index is 727. The first-order valence-corrected chi connectivity index (χ1v) is 8.88. The lowest BCUT2D eigenvalue weighted by Gasteiger charge is -2.38. The third-order valence-corrected chi connectivity index (χ3v) is 4.72. The molecule has 142 valence electrons. The van der Waals surface area contributed by atoms with Gasteiger partial charge < -0.3 is 9.47 Å². The van der Waals surface area contributed by atoms with E-state index in [0.29, 0.717) is 25.9 Å². The zero-order valence-corrected chi connectivity index (χ0v) is 15.8. The summed E-state index contributed by atoms with van der Waals surface area (Å²) in [5, 5.41) is 19.5. The second kappa shape index (κ2) is 10.9. The van der Waals surface area contributed by atoms with Crippen LogP contribution in [0.4, 0.5) is 0 Å². The number of hydrogen-bond donors (Lipinski definition) is 0. The van der Waals surface area contributed by atoms with Crippen LogP contribution in [0.3, 0.4) is 0 Å². The summed E-state index contributed by atoms with van der Waals surface area (Å²) >= 11 is 0. The van der Waals surface area contributed by atoms with Crippen molar-refractivity contribution in [2.75, 3.05) is 13.2 Å². The maximum Gasteiger partial charge on any atom is 0.308 e. The van der Waals surface area contributed by atoms with Gasteiger partial charge in [-0.25, -0.2) is 0 Å². The van der Waals surface area contributed by atoms with Crippen LogP contribution in [0.25, 0.3) is 0 Å². The van der Waals surface area contributed by atoms with Gasteiger partial charge in [0.25, 0.3) is 0 Å². The fourth-order valence-corrected chi connectivity index (χ4v) is 3.42. The summed E-state index contributed by atoms with van der Waals surface area (Å²) < 4.78 is 9.85. The van der Waals surface area contributed by atoms with Crippen LogP contribution in [0.5, 0.6) is 0 Å². The molecule has 0 radical (unpaired) electrons. The molecular weight excluding hydrogens is 344 g/mol. The van der Waals surface area contributed by atoms with Crippen LogP contribution in [-0.2, 0) is 19.1 Å². The molecule has 0 aromatic heterocycles. The van der Waals surface area contributed by atoms with Gasteiger partial charge in [0.2, 0.25) is 0 Å². The second-order valence-electron chi connectivity index (χ2n) is 6.41. The minimum absolute atomic E-state index is 0.0392. The first-order chi connectivity index (χ1) is 12.9. The van der Waals surface area contributed by atoms with E-state index in [0.717, 1.165) is 0 Å². The molecule has 0 saturated heterocycles. The Hall–Kier alpha value is -3.00. The topological polar surface area (TPSA) is 100 Å². The van der Waals surface area contributed by atoms with Crippen molar-refractivity contribution in [3.8, 4) is 24.0 Å². The molecule has 0 aromatic rings. The molecule has 0 N–H and O–H groups in total. The van der Waals surface area contributed by atoms with Gasteiger partial charge in [0.1, 0.15) is 0 Å². The van der Waals surface area contributed by atoms with Gasteiger partial charge in [-0.05, 0) is 44.1 Å². The summed E-state index contributed by atoms with van der Waals surface area (Å²) in [5.41, 5.74) is 1.41. The molecule has 0 aliphatic heterocycles. The van der Waals surface area contributed by atoms with E-state index in [-0.39, 0.29) is 36.8 Å². The Labute approximate surface area is 160 Å². The fraction of sp³-hybridized carbons (Fsp3) is 0.571. The van der Waals surface area contributed by atoms with E-state index in [4.69, 9.17) is 9.47 Å². The van der Waals surface area contributed by atoms with E-state index in [1.807, 2.05) is 0 Å². The quantitative estimate of drug-likeness (QED) is 0.406. The minimum atomic E-state index is -1.32. The van der Waals surface area contributed by atoms with Gasteiger partial charge in [0.15, 0.2) is 12.0 Å².